The second-order valence-corrected chi connectivity index (χ2v) is 9.45. The maximum Gasteiger partial charge on any atom is 0.327 e. The third-order valence-electron chi connectivity index (χ3n) is 5.90. The van der Waals surface area contributed by atoms with Crippen molar-refractivity contribution in [3.8, 4) is 0 Å². The molecular weight excluding hydrogens is 433 g/mol. The lowest BCUT2D eigenvalue weighted by Gasteiger charge is -2.39. The second kappa shape index (κ2) is 11.3. The number of carbonyl (C=O) groups excluding carboxylic acids is 2. The van der Waals surface area contributed by atoms with Gasteiger partial charge >= 0.3 is 7.48 Å². The number of amides is 2. The van der Waals surface area contributed by atoms with Crippen LogP contribution in [0, 0.1) is 22.5 Å². The molecule has 181 valence electrons. The number of rotatable bonds is 8. The van der Waals surface area contributed by atoms with Crippen LogP contribution in [0.25, 0.3) is 0 Å². The molecule has 34 heavy (non-hydrogen) atoms. The van der Waals surface area contributed by atoms with Crippen molar-refractivity contribution >= 4 is 30.4 Å². The van der Waals surface area contributed by atoms with E-state index in [1.54, 1.807) is 6.07 Å². The van der Waals surface area contributed by atoms with E-state index in [1.807, 2.05) is 46.8 Å². The first-order valence-electron chi connectivity index (χ1n) is 11.4. The molecule has 1 unspecified atom stereocenters. The minimum absolute atomic E-state index is 0.00560. The topological polar surface area (TPSA) is 113 Å². The van der Waals surface area contributed by atoms with Gasteiger partial charge in [-0.15, -0.1) is 0 Å². The predicted octanol–water partition coefficient (Wildman–Crippen LogP) is 3.70. The second-order valence-electron chi connectivity index (χ2n) is 9.45. The zero-order chi connectivity index (χ0) is 25.6. The van der Waals surface area contributed by atoms with E-state index in [9.17, 15) is 24.7 Å². The molecule has 0 aliphatic carbocycles. The molecule has 0 fully saturated rings. The van der Waals surface area contributed by atoms with Gasteiger partial charge in [0.05, 0.1) is 11.0 Å². The Kier molecular flexibility index (Phi) is 8.98. The number of aryl methyl sites for hydroxylation is 1. The lowest BCUT2D eigenvalue weighted by atomic mass is 9.84. The molecule has 0 saturated heterocycles. The van der Waals surface area contributed by atoms with Crippen LogP contribution in [0.4, 0.5) is 5.69 Å². The summed E-state index contributed by atoms with van der Waals surface area (Å²) in [5, 5.41) is 22.1. The van der Waals surface area contributed by atoms with E-state index >= 15 is 0 Å². The molecule has 0 aromatic heterocycles. The van der Waals surface area contributed by atoms with Crippen LogP contribution < -0.4 is 10.9 Å². The average molecular weight is 466 g/mol. The van der Waals surface area contributed by atoms with Crippen LogP contribution in [0.15, 0.2) is 36.4 Å². The van der Waals surface area contributed by atoms with Gasteiger partial charge in [0, 0.05) is 23.3 Å². The van der Waals surface area contributed by atoms with Crippen LogP contribution in [-0.2, 0) is 6.42 Å². The minimum Gasteiger partial charge on any atom is -0.450 e. The maximum absolute atomic E-state index is 13.6. The summed E-state index contributed by atoms with van der Waals surface area (Å²) in [6.45, 7) is 11.7. The first-order valence-corrected chi connectivity index (χ1v) is 11.4. The molecule has 2 N–H and O–H groups in total. The number of nitrogens with one attached hydrogen (secondary N) is 1. The summed E-state index contributed by atoms with van der Waals surface area (Å²) in [5.74, 6) is -1.02. The summed E-state index contributed by atoms with van der Waals surface area (Å²) in [6.07, 6.45) is 2.32. The molecule has 2 aromatic rings. The van der Waals surface area contributed by atoms with Gasteiger partial charge in [-0.2, -0.15) is 0 Å². The van der Waals surface area contributed by atoms with Gasteiger partial charge < -0.3 is 5.02 Å². The summed E-state index contributed by atoms with van der Waals surface area (Å²) in [5.41, 5.74) is 4.56. The molecule has 2 amide bonds. The Balaban J connectivity index is 2.55. The molecule has 8 nitrogen and oxygen atoms in total. The van der Waals surface area contributed by atoms with Crippen molar-refractivity contribution in [1.29, 1.82) is 0 Å². The van der Waals surface area contributed by atoms with E-state index in [0.717, 1.165) is 30.0 Å². The quantitative estimate of drug-likeness (QED) is 0.350. The molecule has 1 atom stereocenters. The molecule has 0 aliphatic rings. The first kappa shape index (κ1) is 27.1. The number of nitrogens with zero attached hydrogens (tertiary/aromatic N) is 2. The molecular formula is C25H33BN3O5. The van der Waals surface area contributed by atoms with E-state index in [-0.39, 0.29) is 16.7 Å². The SMILES string of the molecule is CCCc1cccc(C(=O)NN(C(=O)c2cc([B]O)cc([N+](=O)[O-])c2)C(CC)C(C)(C)C)c1C. The molecule has 0 heterocycles. The van der Waals surface area contributed by atoms with Crippen molar-refractivity contribution in [3.63, 3.8) is 0 Å². The fourth-order valence-corrected chi connectivity index (χ4v) is 4.17. The highest BCUT2D eigenvalue weighted by Gasteiger charge is 2.35. The maximum atomic E-state index is 13.6. The number of hydrogen-bond acceptors (Lipinski definition) is 5. The highest BCUT2D eigenvalue weighted by Crippen LogP contribution is 2.28. The smallest absolute Gasteiger partial charge is 0.327 e. The van der Waals surface area contributed by atoms with Gasteiger partial charge in [0.15, 0.2) is 0 Å². The van der Waals surface area contributed by atoms with Crippen molar-refractivity contribution in [3.05, 3.63) is 68.8 Å². The van der Waals surface area contributed by atoms with Crippen LogP contribution in [0.5, 0.6) is 0 Å². The number of nitro benzene ring substituents is 1. The largest absolute Gasteiger partial charge is 0.450 e. The molecule has 2 aromatic carbocycles. The molecule has 2 rings (SSSR count). The van der Waals surface area contributed by atoms with E-state index in [4.69, 9.17) is 0 Å². The Bertz CT molecular complexity index is 1070. The zero-order valence-electron chi connectivity index (χ0n) is 20.7. The molecule has 0 saturated carbocycles. The fraction of sp³-hybridized carbons (Fsp3) is 0.440. The van der Waals surface area contributed by atoms with Crippen LogP contribution in [0.1, 0.15) is 79.3 Å². The van der Waals surface area contributed by atoms with Crippen molar-refractivity contribution in [1.82, 2.24) is 10.4 Å². The zero-order valence-corrected chi connectivity index (χ0v) is 20.7. The minimum atomic E-state index is -0.629. The average Bonchev–Trinajstić information content (AvgIpc) is 2.78. The van der Waals surface area contributed by atoms with Crippen molar-refractivity contribution in [2.24, 2.45) is 5.41 Å². The van der Waals surface area contributed by atoms with Gasteiger partial charge in [-0.3, -0.25) is 25.1 Å². The number of nitro groups is 1. The number of non-ortho nitro benzene ring substituents is 1. The first-order chi connectivity index (χ1) is 15.9. The standard InChI is InChI=1S/C25H33BN3O5/c1-7-10-17-11-9-12-21(16(17)3)23(30)27-28(22(8-2)25(4,5)6)24(31)18-13-19(26-32)15-20(14-18)29(33)34/h9,11-15,22,32H,7-8,10H2,1-6H3,(H,27,30). The van der Waals surface area contributed by atoms with Crippen LogP contribution in [0.3, 0.4) is 0 Å². The Morgan fingerprint density at radius 2 is 1.88 bits per heavy atom. The Hall–Kier alpha value is -3.20. The molecule has 0 bridgehead atoms. The molecule has 0 spiro atoms. The lowest BCUT2D eigenvalue weighted by Crippen LogP contribution is -2.56. The lowest BCUT2D eigenvalue weighted by molar-refractivity contribution is -0.384. The summed E-state index contributed by atoms with van der Waals surface area (Å²) in [7, 11) is 0.705. The van der Waals surface area contributed by atoms with Crippen molar-refractivity contribution < 1.29 is 19.5 Å². The summed E-state index contributed by atoms with van der Waals surface area (Å²) < 4.78 is 0. The number of hydrazine groups is 1. The number of hydrogen-bond donors (Lipinski definition) is 2. The third kappa shape index (κ3) is 6.23. The summed E-state index contributed by atoms with van der Waals surface area (Å²) in [4.78, 5) is 37.7. The van der Waals surface area contributed by atoms with E-state index < -0.39 is 28.2 Å². The van der Waals surface area contributed by atoms with Gasteiger partial charge in [0.2, 0.25) is 0 Å². The highest BCUT2D eigenvalue weighted by atomic mass is 16.6. The van der Waals surface area contributed by atoms with Crippen LogP contribution in [0.2, 0.25) is 0 Å². The van der Waals surface area contributed by atoms with E-state index in [0.29, 0.717) is 19.5 Å². The summed E-state index contributed by atoms with van der Waals surface area (Å²) >= 11 is 0. The highest BCUT2D eigenvalue weighted by molar-refractivity contribution is 6.45. The Labute approximate surface area is 201 Å². The van der Waals surface area contributed by atoms with Crippen molar-refractivity contribution in [2.45, 2.75) is 66.8 Å². The molecule has 1 radical (unpaired) electrons. The van der Waals surface area contributed by atoms with Gasteiger partial charge in [0.1, 0.15) is 0 Å². The molecule has 0 aliphatic heterocycles. The molecule has 9 heteroatoms. The predicted molar refractivity (Wildman–Crippen MR) is 133 cm³/mol. The van der Waals surface area contributed by atoms with Gasteiger partial charge in [-0.25, -0.2) is 5.01 Å². The van der Waals surface area contributed by atoms with Crippen LogP contribution in [-0.4, -0.2) is 40.3 Å². The van der Waals surface area contributed by atoms with Gasteiger partial charge in [0.25, 0.3) is 17.5 Å². The van der Waals surface area contributed by atoms with Gasteiger partial charge in [-0.1, -0.05) is 59.2 Å². The Morgan fingerprint density at radius 3 is 2.41 bits per heavy atom. The van der Waals surface area contributed by atoms with Crippen LogP contribution >= 0.6 is 0 Å². The Morgan fingerprint density at radius 1 is 1.21 bits per heavy atom. The van der Waals surface area contributed by atoms with Gasteiger partial charge in [-0.05, 0) is 47.8 Å². The van der Waals surface area contributed by atoms with E-state index in [1.165, 1.54) is 17.1 Å². The number of carbonyl (C=O) groups is 2. The van der Waals surface area contributed by atoms with Crippen molar-refractivity contribution in [2.75, 3.05) is 0 Å². The third-order valence-corrected chi connectivity index (χ3v) is 5.90. The fourth-order valence-electron chi connectivity index (χ4n) is 4.17. The number of benzene rings is 2. The monoisotopic (exact) mass is 466 g/mol. The van der Waals surface area contributed by atoms with E-state index in [2.05, 4.69) is 12.3 Å². The normalized spacial score (nSPS) is 12.1. The summed E-state index contributed by atoms with van der Waals surface area (Å²) in [6, 6.07) is 8.81.